The minimum absolute atomic E-state index is 0.0860. The van der Waals surface area contributed by atoms with Crippen LogP contribution >= 0.6 is 0 Å². The molecule has 0 radical (unpaired) electrons. The normalized spacial score (nSPS) is 15.6. The quantitative estimate of drug-likeness (QED) is 0.159. The molecular weight excluding hydrogens is 649 g/mol. The Kier molecular flexibility index (Phi) is 5.85. The number of rotatable bonds is 2. The maximum atomic E-state index is 2.59. The SMILES string of the molecule is CC1(C)c2ccccc2-c2c1ccc1c(-c3c4ccccc4c(-c4ccc5c6c(cccc46)CC5)c4ccccc34)cc3c(c21)-c1ccccc1C3(C)C. The molecule has 0 spiro atoms. The smallest absolute Gasteiger partial charge is 0.0159 e. The van der Waals surface area contributed by atoms with Gasteiger partial charge < -0.3 is 0 Å². The molecule has 0 N–H and O–H groups in total. The molecule has 9 aromatic carbocycles. The number of aryl methyl sites for hydroxylation is 2. The summed E-state index contributed by atoms with van der Waals surface area (Å²) in [5.74, 6) is 0. The van der Waals surface area contributed by atoms with Crippen LogP contribution < -0.4 is 0 Å². The van der Waals surface area contributed by atoms with Crippen LogP contribution in [-0.2, 0) is 23.7 Å². The Labute approximate surface area is 316 Å². The molecule has 3 aliphatic rings. The largest absolute Gasteiger partial charge is 0.0619 e. The Morgan fingerprint density at radius 3 is 1.43 bits per heavy atom. The second-order valence-corrected chi connectivity index (χ2v) is 17.1. The fourth-order valence-corrected chi connectivity index (χ4v) is 11.3. The van der Waals surface area contributed by atoms with Crippen molar-refractivity contribution < 1.29 is 0 Å². The van der Waals surface area contributed by atoms with Gasteiger partial charge in [0.1, 0.15) is 0 Å². The standard InChI is InChI=1S/C54H40/c1-53(2)43-22-11-9-19-40(43)50-45(53)29-28-39-42(30-46-51(52(39)50)41-20-10-12-23-44(41)54(46,3)4)49-36-17-7-5-15-34(36)48(35-16-6-8-18-37(35)49)38-27-26-32-25-24-31-14-13-21-33(38)47(31)32/h5-23,26-30H,24-25H2,1-4H3. The second kappa shape index (κ2) is 10.4. The summed E-state index contributed by atoms with van der Waals surface area (Å²) in [4.78, 5) is 0. The van der Waals surface area contributed by atoms with E-state index in [0.717, 1.165) is 12.8 Å². The topological polar surface area (TPSA) is 0 Å². The first-order valence-electron chi connectivity index (χ1n) is 19.7. The van der Waals surface area contributed by atoms with Gasteiger partial charge in [-0.2, -0.15) is 0 Å². The molecule has 0 heteroatoms. The van der Waals surface area contributed by atoms with Crippen LogP contribution in [0.25, 0.3) is 87.6 Å². The lowest BCUT2D eigenvalue weighted by atomic mass is 9.77. The van der Waals surface area contributed by atoms with E-state index in [4.69, 9.17) is 0 Å². The fourth-order valence-electron chi connectivity index (χ4n) is 11.3. The predicted octanol–water partition coefficient (Wildman–Crippen LogP) is 14.3. The third-order valence-corrected chi connectivity index (χ3v) is 13.7. The van der Waals surface area contributed by atoms with Gasteiger partial charge in [-0.05, 0) is 140 Å². The summed E-state index contributed by atoms with van der Waals surface area (Å²) in [6.07, 6.45) is 2.26. The third-order valence-electron chi connectivity index (χ3n) is 13.7. The molecule has 9 aromatic rings. The molecule has 0 bridgehead atoms. The fraction of sp³-hybridized carbons (Fsp3) is 0.148. The summed E-state index contributed by atoms with van der Waals surface area (Å²) < 4.78 is 0. The van der Waals surface area contributed by atoms with E-state index in [1.54, 1.807) is 0 Å². The second-order valence-electron chi connectivity index (χ2n) is 17.1. The molecule has 0 aromatic heterocycles. The average molecular weight is 689 g/mol. The monoisotopic (exact) mass is 688 g/mol. The Morgan fingerprint density at radius 2 is 0.796 bits per heavy atom. The van der Waals surface area contributed by atoms with Crippen LogP contribution in [0.3, 0.4) is 0 Å². The van der Waals surface area contributed by atoms with E-state index in [0.29, 0.717) is 0 Å². The summed E-state index contributed by atoms with van der Waals surface area (Å²) in [7, 11) is 0. The zero-order chi connectivity index (χ0) is 36.1. The van der Waals surface area contributed by atoms with E-state index >= 15 is 0 Å². The van der Waals surface area contributed by atoms with Crippen LogP contribution in [0.4, 0.5) is 0 Å². The minimum Gasteiger partial charge on any atom is -0.0619 e. The highest BCUT2D eigenvalue weighted by molar-refractivity contribution is 6.27. The highest BCUT2D eigenvalue weighted by Crippen LogP contribution is 2.60. The Hall–Kier alpha value is -5.98. The lowest BCUT2D eigenvalue weighted by Gasteiger charge is -2.26. The molecule has 0 nitrogen and oxygen atoms in total. The molecule has 0 aliphatic heterocycles. The van der Waals surface area contributed by atoms with Crippen LogP contribution in [-0.4, -0.2) is 0 Å². The van der Waals surface area contributed by atoms with Crippen molar-refractivity contribution in [1.29, 1.82) is 0 Å². The van der Waals surface area contributed by atoms with Crippen molar-refractivity contribution in [2.45, 2.75) is 51.4 Å². The molecule has 3 aliphatic carbocycles. The maximum absolute atomic E-state index is 2.59. The van der Waals surface area contributed by atoms with Gasteiger partial charge in [-0.15, -0.1) is 0 Å². The van der Waals surface area contributed by atoms with Gasteiger partial charge in [0.15, 0.2) is 0 Å². The number of benzene rings is 9. The summed E-state index contributed by atoms with van der Waals surface area (Å²) in [5.41, 5.74) is 19.3. The highest BCUT2D eigenvalue weighted by Gasteiger charge is 2.42. The zero-order valence-electron chi connectivity index (χ0n) is 31.3. The van der Waals surface area contributed by atoms with Gasteiger partial charge in [0.25, 0.3) is 0 Å². The van der Waals surface area contributed by atoms with Gasteiger partial charge in [0.2, 0.25) is 0 Å². The van der Waals surface area contributed by atoms with Gasteiger partial charge in [0.05, 0.1) is 0 Å². The number of hydrogen-bond acceptors (Lipinski definition) is 0. The molecule has 54 heavy (non-hydrogen) atoms. The molecule has 0 amide bonds. The molecule has 0 atom stereocenters. The Morgan fingerprint density at radius 1 is 0.315 bits per heavy atom. The Balaban J connectivity index is 1.27. The number of hydrogen-bond donors (Lipinski definition) is 0. The van der Waals surface area contributed by atoms with E-state index in [2.05, 4.69) is 173 Å². The van der Waals surface area contributed by atoms with Crippen molar-refractivity contribution in [2.24, 2.45) is 0 Å². The predicted molar refractivity (Wildman–Crippen MR) is 230 cm³/mol. The first-order valence-corrected chi connectivity index (χ1v) is 19.7. The molecule has 12 rings (SSSR count). The molecule has 0 fully saturated rings. The van der Waals surface area contributed by atoms with Gasteiger partial charge in [-0.3, -0.25) is 0 Å². The summed E-state index contributed by atoms with van der Waals surface area (Å²) in [6.45, 7) is 9.68. The third kappa shape index (κ3) is 3.69. The lowest BCUT2D eigenvalue weighted by Crippen LogP contribution is -2.15. The van der Waals surface area contributed by atoms with Crippen molar-refractivity contribution >= 4 is 43.1 Å². The van der Waals surface area contributed by atoms with E-state index < -0.39 is 0 Å². The first-order chi connectivity index (χ1) is 26.3. The minimum atomic E-state index is -0.151. The first kappa shape index (κ1) is 30.5. The molecule has 0 saturated heterocycles. The van der Waals surface area contributed by atoms with Crippen molar-refractivity contribution in [2.75, 3.05) is 0 Å². The molecule has 0 unspecified atom stereocenters. The van der Waals surface area contributed by atoms with Crippen LogP contribution in [0.5, 0.6) is 0 Å². The van der Waals surface area contributed by atoms with E-state index in [9.17, 15) is 0 Å². The van der Waals surface area contributed by atoms with Crippen LogP contribution in [0.2, 0.25) is 0 Å². The van der Waals surface area contributed by atoms with Gasteiger partial charge in [-0.25, -0.2) is 0 Å². The van der Waals surface area contributed by atoms with E-state index in [1.165, 1.54) is 121 Å². The average Bonchev–Trinajstić information content (AvgIpc) is 3.81. The molecular formula is C54H40. The van der Waals surface area contributed by atoms with Crippen LogP contribution in [0, 0.1) is 0 Å². The highest BCUT2D eigenvalue weighted by atomic mass is 14.4. The summed E-state index contributed by atoms with van der Waals surface area (Å²) in [6, 6.07) is 56.0. The Bertz CT molecular complexity index is 3060. The van der Waals surface area contributed by atoms with E-state index in [1.807, 2.05) is 0 Å². The zero-order valence-corrected chi connectivity index (χ0v) is 31.3. The number of fused-ring (bicyclic) bond motifs is 11. The molecule has 256 valence electrons. The van der Waals surface area contributed by atoms with Gasteiger partial charge in [-0.1, -0.05) is 167 Å². The molecule has 0 saturated carbocycles. The van der Waals surface area contributed by atoms with Crippen molar-refractivity contribution in [1.82, 2.24) is 0 Å². The summed E-state index contributed by atoms with van der Waals surface area (Å²) in [5, 5.41) is 10.8. The van der Waals surface area contributed by atoms with Crippen molar-refractivity contribution in [3.8, 4) is 44.5 Å². The van der Waals surface area contributed by atoms with Crippen molar-refractivity contribution in [3.63, 3.8) is 0 Å². The van der Waals surface area contributed by atoms with Gasteiger partial charge in [0, 0.05) is 10.8 Å². The molecule has 0 heterocycles. The van der Waals surface area contributed by atoms with Crippen LogP contribution in [0.15, 0.2) is 146 Å². The van der Waals surface area contributed by atoms with E-state index in [-0.39, 0.29) is 10.8 Å². The lowest BCUT2D eigenvalue weighted by molar-refractivity contribution is 0.660. The van der Waals surface area contributed by atoms with Gasteiger partial charge >= 0.3 is 0 Å². The summed E-state index contributed by atoms with van der Waals surface area (Å²) >= 11 is 0. The van der Waals surface area contributed by atoms with Crippen LogP contribution in [0.1, 0.15) is 61.1 Å². The van der Waals surface area contributed by atoms with Crippen molar-refractivity contribution in [3.05, 3.63) is 179 Å². The maximum Gasteiger partial charge on any atom is 0.0159 e.